The largest absolute Gasteiger partial charge is 0.489 e. The van der Waals surface area contributed by atoms with Crippen molar-refractivity contribution in [3.63, 3.8) is 0 Å². The summed E-state index contributed by atoms with van der Waals surface area (Å²) in [6.45, 7) is 7.36. The number of nitrogens with zero attached hydrogens (tertiary/aromatic N) is 5. The van der Waals surface area contributed by atoms with E-state index in [4.69, 9.17) is 4.74 Å². The van der Waals surface area contributed by atoms with E-state index in [2.05, 4.69) is 16.2 Å². The van der Waals surface area contributed by atoms with Crippen LogP contribution in [-0.2, 0) is 11.0 Å². The van der Waals surface area contributed by atoms with E-state index in [1.165, 1.54) is 0 Å². The number of benzene rings is 1. The minimum Gasteiger partial charge on any atom is -0.489 e. The number of carbonyl (C=O) groups is 1. The number of rotatable bonds is 5. The van der Waals surface area contributed by atoms with Crippen molar-refractivity contribution in [1.29, 1.82) is 0 Å². The van der Waals surface area contributed by atoms with Gasteiger partial charge in [0.15, 0.2) is 5.70 Å². The summed E-state index contributed by atoms with van der Waals surface area (Å²) in [5, 5.41) is 2.95. The monoisotopic (exact) mass is 558 g/mol. The smallest absolute Gasteiger partial charge is 0.433 e. The lowest BCUT2D eigenvalue weighted by Gasteiger charge is -2.44. The Labute approximate surface area is 229 Å². The zero-order valence-electron chi connectivity index (χ0n) is 21.9. The van der Waals surface area contributed by atoms with Crippen molar-refractivity contribution in [3.8, 4) is 5.75 Å². The first-order chi connectivity index (χ1) is 18.7. The minimum atomic E-state index is -4.58. The Bertz CT molecular complexity index is 1390. The van der Waals surface area contributed by atoms with Gasteiger partial charge in [-0.05, 0) is 32.1 Å². The fraction of sp³-hybridized carbons (Fsp3) is 0.429. The topological polar surface area (TPSA) is 48.9 Å². The molecule has 0 spiro atoms. The van der Waals surface area contributed by atoms with Gasteiger partial charge in [0.05, 0.1) is 30.6 Å². The zero-order chi connectivity index (χ0) is 27.4. The minimum absolute atomic E-state index is 0.0993. The average molecular weight is 559 g/mol. The van der Waals surface area contributed by atoms with Crippen molar-refractivity contribution in [3.05, 3.63) is 65.7 Å². The molecule has 5 heterocycles. The van der Waals surface area contributed by atoms with Gasteiger partial charge < -0.3 is 14.5 Å². The van der Waals surface area contributed by atoms with E-state index >= 15 is 0 Å². The van der Waals surface area contributed by atoms with Crippen LogP contribution in [0.1, 0.15) is 19.5 Å². The summed E-state index contributed by atoms with van der Waals surface area (Å²) < 4.78 is 48.0. The van der Waals surface area contributed by atoms with Crippen LogP contribution in [0.15, 0.2) is 60.0 Å². The zero-order valence-corrected chi connectivity index (χ0v) is 22.8. The van der Waals surface area contributed by atoms with Gasteiger partial charge in [0, 0.05) is 48.6 Å². The number of thioether (sulfide) groups is 1. The molecule has 2 aromatic rings. The Balaban J connectivity index is 1.26. The number of allylic oxidation sites excluding steroid dienone is 3. The van der Waals surface area contributed by atoms with Crippen molar-refractivity contribution >= 4 is 34.3 Å². The molecule has 2 saturated heterocycles. The quantitative estimate of drug-likeness (QED) is 0.493. The second kappa shape index (κ2) is 9.87. The number of ether oxygens (including phenoxy) is 1. The van der Waals surface area contributed by atoms with Crippen molar-refractivity contribution in [2.24, 2.45) is 0 Å². The number of carbonyl (C=O) groups excluding carboxylic acids is 1. The molecule has 206 valence electrons. The van der Waals surface area contributed by atoms with Gasteiger partial charge in [0.2, 0.25) is 0 Å². The number of amides is 1. The van der Waals surface area contributed by atoms with Gasteiger partial charge >= 0.3 is 6.18 Å². The molecular weight excluding hydrogens is 527 g/mol. The molecule has 0 saturated carbocycles. The molecule has 1 amide bonds. The molecule has 4 aliphatic heterocycles. The third-order valence-corrected chi connectivity index (χ3v) is 8.60. The summed E-state index contributed by atoms with van der Waals surface area (Å²) >= 11 is 1.77. The highest BCUT2D eigenvalue weighted by molar-refractivity contribution is 7.99. The Kier molecular flexibility index (Phi) is 6.63. The van der Waals surface area contributed by atoms with Gasteiger partial charge in [-0.25, -0.2) is 4.98 Å². The summed E-state index contributed by atoms with van der Waals surface area (Å²) in [4.78, 5) is 21.0. The van der Waals surface area contributed by atoms with Crippen LogP contribution < -0.4 is 9.64 Å². The van der Waals surface area contributed by atoms with Crippen LogP contribution in [0.5, 0.6) is 5.75 Å². The van der Waals surface area contributed by atoms with E-state index in [0.29, 0.717) is 54.1 Å². The lowest BCUT2D eigenvalue weighted by atomic mass is 10.1. The number of aromatic nitrogens is 1. The van der Waals surface area contributed by atoms with Gasteiger partial charge in [0.1, 0.15) is 29.7 Å². The van der Waals surface area contributed by atoms with Gasteiger partial charge in [-0.1, -0.05) is 12.1 Å². The number of fused-ring (bicyclic) bond motifs is 2. The van der Waals surface area contributed by atoms with Gasteiger partial charge in [-0.3, -0.25) is 4.79 Å². The molecule has 1 aromatic heterocycles. The molecule has 1 aromatic carbocycles. The molecule has 7 nitrogen and oxygen atoms in total. The Hall–Kier alpha value is -3.02. The van der Waals surface area contributed by atoms with Crippen LogP contribution in [0.25, 0.3) is 10.9 Å². The number of anilines is 1. The number of alkyl halides is 3. The fourth-order valence-corrected chi connectivity index (χ4v) is 6.75. The molecule has 11 heteroatoms. The first-order valence-electron chi connectivity index (χ1n) is 13.2. The molecular formula is C28H31F3N5O2S+. The standard InChI is InChI=1S/C28H31F3N5O2S/c1-19(2)38-24-7-3-6-22-23(16-25(28(29,30)31)32-26(22)24)33-8-10-35(11-9-33)36-13-4-5-21(36)15-20(17-36)27(37)34-12-14-39-18-34/h3-7,13,15-16,19H,8-12,14,17-18H2,1-2H3/q+1/t36-/m1/s1. The average Bonchev–Trinajstić information content (AvgIpc) is 3.64. The third kappa shape index (κ3) is 4.70. The number of hydrogen-bond acceptors (Lipinski definition) is 6. The van der Waals surface area contributed by atoms with Gasteiger partial charge in [-0.2, -0.15) is 17.8 Å². The maximum atomic E-state index is 13.9. The van der Waals surface area contributed by atoms with Crippen molar-refractivity contribution in [1.82, 2.24) is 14.9 Å². The number of hydrogen-bond donors (Lipinski definition) is 0. The van der Waals surface area contributed by atoms with Gasteiger partial charge in [0.25, 0.3) is 5.91 Å². The number of para-hydroxylation sites is 1. The van der Waals surface area contributed by atoms with Crippen LogP contribution in [0.3, 0.4) is 0 Å². The van der Waals surface area contributed by atoms with E-state index in [1.54, 1.807) is 23.9 Å². The van der Waals surface area contributed by atoms with Crippen molar-refractivity contribution in [2.45, 2.75) is 26.1 Å². The summed E-state index contributed by atoms with van der Waals surface area (Å²) in [6, 6.07) is 6.43. The molecule has 6 rings (SSSR count). The highest BCUT2D eigenvalue weighted by Crippen LogP contribution is 2.41. The summed E-state index contributed by atoms with van der Waals surface area (Å²) in [7, 11) is 0. The molecule has 0 radical (unpaired) electrons. The number of pyridine rings is 1. The van der Waals surface area contributed by atoms with Gasteiger partial charge in [-0.15, -0.1) is 16.8 Å². The van der Waals surface area contributed by atoms with Crippen LogP contribution in [0.2, 0.25) is 0 Å². The maximum Gasteiger partial charge on any atom is 0.433 e. The van der Waals surface area contributed by atoms with Crippen LogP contribution in [0, 0.1) is 0 Å². The van der Waals surface area contributed by atoms with E-state index in [1.807, 2.05) is 47.9 Å². The van der Waals surface area contributed by atoms with Crippen LogP contribution >= 0.6 is 11.8 Å². The first kappa shape index (κ1) is 26.2. The van der Waals surface area contributed by atoms with E-state index < -0.39 is 11.9 Å². The van der Waals surface area contributed by atoms with Crippen LogP contribution in [-0.4, -0.2) is 82.4 Å². The summed E-state index contributed by atoms with van der Waals surface area (Å²) in [5.74, 6) is 2.14. The van der Waals surface area contributed by atoms with E-state index in [-0.39, 0.29) is 17.5 Å². The highest BCUT2D eigenvalue weighted by atomic mass is 32.2. The van der Waals surface area contributed by atoms with Crippen molar-refractivity contribution in [2.75, 3.05) is 55.8 Å². The molecule has 0 N–H and O–H groups in total. The molecule has 39 heavy (non-hydrogen) atoms. The number of halogens is 3. The molecule has 1 atom stereocenters. The lowest BCUT2D eigenvalue weighted by molar-refractivity contribution is -0.948. The molecule has 0 aliphatic carbocycles. The molecule has 2 fully saturated rings. The second-order valence-electron chi connectivity index (χ2n) is 10.5. The molecule has 4 aliphatic rings. The predicted octanol–water partition coefficient (Wildman–Crippen LogP) is 4.78. The highest BCUT2D eigenvalue weighted by Gasteiger charge is 2.48. The van der Waals surface area contributed by atoms with Crippen molar-refractivity contribution < 1.29 is 27.3 Å². The van der Waals surface area contributed by atoms with Crippen LogP contribution in [0.4, 0.5) is 18.9 Å². The molecule has 0 bridgehead atoms. The lowest BCUT2D eigenvalue weighted by Crippen LogP contribution is -2.60. The van der Waals surface area contributed by atoms with E-state index in [9.17, 15) is 18.0 Å². The Morgan fingerprint density at radius 3 is 2.64 bits per heavy atom. The molecule has 0 unspecified atom stereocenters. The third-order valence-electron chi connectivity index (χ3n) is 7.63. The summed E-state index contributed by atoms with van der Waals surface area (Å²) in [6.07, 6.45) is 3.42. The number of piperazine rings is 1. The summed E-state index contributed by atoms with van der Waals surface area (Å²) in [5.41, 5.74) is 1.68. The SMILES string of the molecule is CC(C)Oc1cccc2c(N3CCN([N@@+]45C=CC=C4C=C(C(=O)N4CCSC4)C5)CC3)cc(C(F)(F)F)nc12. The van der Waals surface area contributed by atoms with E-state index in [0.717, 1.165) is 35.5 Å². The normalized spacial score (nSPS) is 23.5. The predicted molar refractivity (Wildman–Crippen MR) is 146 cm³/mol. The Morgan fingerprint density at radius 2 is 1.95 bits per heavy atom. The maximum absolute atomic E-state index is 13.9. The second-order valence-corrected chi connectivity index (χ2v) is 11.6. The fourth-order valence-electron chi connectivity index (χ4n) is 5.81. The number of quaternary nitrogens is 1. The Morgan fingerprint density at radius 1 is 1.15 bits per heavy atom. The first-order valence-corrected chi connectivity index (χ1v) is 14.3.